The number of amides is 2. The zero-order valence-corrected chi connectivity index (χ0v) is 25.4. The number of aliphatic carboxylic acids is 1. The van der Waals surface area contributed by atoms with Crippen LogP contribution in [0.4, 0.5) is 4.39 Å². The van der Waals surface area contributed by atoms with Crippen molar-refractivity contribution in [2.75, 3.05) is 6.54 Å². The molecule has 2 aromatic rings. The number of rotatable bonds is 7. The predicted molar refractivity (Wildman–Crippen MR) is 141 cm³/mol. The van der Waals surface area contributed by atoms with Gasteiger partial charge in [-0.2, -0.15) is 0 Å². The molecule has 1 aliphatic carbocycles. The molecule has 0 aromatic heterocycles. The average Bonchev–Trinajstić information content (AvgIpc) is 3.14. The smallest absolute Gasteiger partial charge is 0.550 e. The Labute approximate surface area is 251 Å². The second kappa shape index (κ2) is 12.3. The third-order valence-electron chi connectivity index (χ3n) is 7.96. The number of benzene rings is 2. The van der Waals surface area contributed by atoms with Crippen molar-refractivity contribution in [3.05, 3.63) is 71.0 Å². The summed E-state index contributed by atoms with van der Waals surface area (Å²) in [6.07, 6.45) is 3.06. The fourth-order valence-electron chi connectivity index (χ4n) is 5.71. The number of carbonyl (C=O) groups excluding carboxylic acids is 3. The molecule has 1 spiro atoms. The molecule has 4 rings (SSSR count). The largest absolute Gasteiger partial charge is 1.00 e. The number of nitrogens with one attached hydrogen (secondary N) is 1. The molecule has 1 atom stereocenters. The third-order valence-corrected chi connectivity index (χ3v) is 7.96. The van der Waals surface area contributed by atoms with Crippen LogP contribution in [0.15, 0.2) is 53.5 Å². The number of carbonyl (C=O) groups is 3. The van der Waals surface area contributed by atoms with Gasteiger partial charge in [0.05, 0.1) is 6.04 Å². The predicted octanol–water partition coefficient (Wildman–Crippen LogP) is 1.02. The molecule has 0 radical (unpaired) electrons. The summed E-state index contributed by atoms with van der Waals surface area (Å²) in [4.78, 5) is 43.7. The van der Waals surface area contributed by atoms with Gasteiger partial charge in [0, 0.05) is 30.1 Å². The number of aliphatic imine (C=N–C) groups is 1. The maximum absolute atomic E-state index is 14.1. The summed E-state index contributed by atoms with van der Waals surface area (Å²) in [5.74, 6) is -1.72. The molecule has 1 heterocycles. The quantitative estimate of drug-likeness (QED) is 0.527. The van der Waals surface area contributed by atoms with E-state index in [1.165, 1.54) is 12.1 Å². The topological polar surface area (TPSA) is 102 Å². The second-order valence-electron chi connectivity index (χ2n) is 11.4. The van der Waals surface area contributed by atoms with Gasteiger partial charge < -0.3 is 20.1 Å². The van der Waals surface area contributed by atoms with Crippen LogP contribution in [0.2, 0.25) is 0 Å². The molecule has 1 aliphatic heterocycles. The Morgan fingerprint density at radius 1 is 1.15 bits per heavy atom. The number of nitrogens with zero attached hydrogens (tertiary/aromatic N) is 2. The van der Waals surface area contributed by atoms with Crippen molar-refractivity contribution in [1.82, 2.24) is 10.2 Å². The van der Waals surface area contributed by atoms with E-state index in [0.717, 1.165) is 31.2 Å². The van der Waals surface area contributed by atoms with Gasteiger partial charge >= 0.3 is 29.6 Å². The van der Waals surface area contributed by atoms with Crippen LogP contribution in [0.5, 0.6) is 0 Å². The van der Waals surface area contributed by atoms with Crippen molar-refractivity contribution in [2.45, 2.75) is 71.5 Å². The van der Waals surface area contributed by atoms with Gasteiger partial charge in [0.2, 0.25) is 0 Å². The van der Waals surface area contributed by atoms with E-state index < -0.39 is 17.4 Å². The molecule has 39 heavy (non-hydrogen) atoms. The third kappa shape index (κ3) is 6.79. The Morgan fingerprint density at radius 3 is 2.36 bits per heavy atom. The van der Waals surface area contributed by atoms with Crippen molar-refractivity contribution in [2.24, 2.45) is 16.3 Å². The molecule has 202 valence electrons. The summed E-state index contributed by atoms with van der Waals surface area (Å²) < 4.78 is 14.1. The average molecular weight is 544 g/mol. The molecule has 2 amide bonds. The van der Waals surface area contributed by atoms with Crippen LogP contribution in [-0.4, -0.2) is 40.6 Å². The van der Waals surface area contributed by atoms with E-state index >= 15 is 0 Å². The molecule has 0 unspecified atom stereocenters. The summed E-state index contributed by atoms with van der Waals surface area (Å²) in [6.45, 7) is 8.67. The normalized spacial score (nSPS) is 21.8. The maximum Gasteiger partial charge on any atom is 1.00 e. The molecule has 1 fully saturated rings. The molecule has 2 aliphatic rings. The van der Waals surface area contributed by atoms with Crippen molar-refractivity contribution in [3.63, 3.8) is 0 Å². The fraction of sp³-hybridized carbons (Fsp3) is 0.467. The van der Waals surface area contributed by atoms with Crippen LogP contribution in [0.1, 0.15) is 87.3 Å². The number of hydrogen-bond donors (Lipinski definition) is 1. The zero-order chi connectivity index (χ0) is 27.7. The first-order chi connectivity index (χ1) is 17.9. The van der Waals surface area contributed by atoms with Crippen molar-refractivity contribution in [3.8, 4) is 0 Å². The molecular formula is C30H35FN3NaO4. The number of carboxylic acids is 1. The summed E-state index contributed by atoms with van der Waals surface area (Å²) >= 11 is 0. The van der Waals surface area contributed by atoms with E-state index in [9.17, 15) is 23.9 Å². The Balaban J connectivity index is 0.00000420. The minimum Gasteiger partial charge on any atom is -0.550 e. The van der Waals surface area contributed by atoms with Gasteiger partial charge in [-0.05, 0) is 73.8 Å². The Bertz CT molecular complexity index is 1250. The fourth-order valence-corrected chi connectivity index (χ4v) is 5.71. The molecule has 0 saturated heterocycles. The van der Waals surface area contributed by atoms with Gasteiger partial charge in [0.25, 0.3) is 11.8 Å². The number of hydrogen-bond acceptors (Lipinski definition) is 5. The van der Waals surface area contributed by atoms with Gasteiger partial charge in [0.15, 0.2) is 0 Å². The minimum atomic E-state index is -1.23. The second-order valence-corrected chi connectivity index (χ2v) is 11.4. The maximum atomic E-state index is 14.1. The zero-order valence-electron chi connectivity index (χ0n) is 23.4. The van der Waals surface area contributed by atoms with E-state index in [1.54, 1.807) is 36.4 Å². The first kappa shape index (κ1) is 31.0. The van der Waals surface area contributed by atoms with E-state index in [-0.39, 0.29) is 71.5 Å². The van der Waals surface area contributed by atoms with Crippen molar-refractivity contribution >= 4 is 23.5 Å². The van der Waals surface area contributed by atoms with E-state index in [4.69, 9.17) is 4.99 Å². The van der Waals surface area contributed by atoms with Crippen molar-refractivity contribution < 1.29 is 53.4 Å². The van der Waals surface area contributed by atoms with Crippen LogP contribution in [-0.2, 0) is 9.59 Å². The van der Waals surface area contributed by atoms with Gasteiger partial charge in [-0.1, -0.05) is 45.0 Å². The van der Waals surface area contributed by atoms with E-state index in [2.05, 4.69) is 26.1 Å². The molecule has 1 N–H and O–H groups in total. The standard InChI is InChI=1S/C30H36FN3O4.Na/c1-19(20-8-10-21(11-9-20)27(37)32-17-14-25(35)36)34-28(38)26(22-6-5-7-24(31)18-22)33-30(34)15-12-23(13-16-30)29(2,3)4;/h5-11,18-19,23H,12-17H2,1-4H3,(H,32,37)(H,35,36);/q;+1/p-1/t19-,23?,30?;/m1./s1. The number of halogens is 1. The van der Waals surface area contributed by atoms with E-state index in [1.807, 2.05) is 11.8 Å². The minimum absolute atomic E-state index is 0. The molecule has 0 bridgehead atoms. The Morgan fingerprint density at radius 2 is 1.79 bits per heavy atom. The van der Waals surface area contributed by atoms with Crippen LogP contribution in [0, 0.1) is 17.2 Å². The van der Waals surface area contributed by atoms with Crippen LogP contribution >= 0.6 is 0 Å². The molecule has 9 heteroatoms. The SMILES string of the molecule is C[C@H](c1ccc(C(=O)NCCC(=O)[O-])cc1)N1C(=O)C(c2cccc(F)c2)=NC12CCC(C(C)(C)C)CC2.[Na+]. The first-order valence-electron chi connectivity index (χ1n) is 13.2. The van der Waals surface area contributed by atoms with E-state index in [0.29, 0.717) is 17.0 Å². The molecule has 2 aromatic carbocycles. The van der Waals surface area contributed by atoms with Gasteiger partial charge in [-0.3, -0.25) is 14.6 Å². The molecular weight excluding hydrogens is 508 g/mol. The van der Waals surface area contributed by atoms with Gasteiger partial charge in [-0.15, -0.1) is 0 Å². The van der Waals surface area contributed by atoms with Gasteiger partial charge in [0.1, 0.15) is 17.2 Å². The Hall–Kier alpha value is -2.55. The first-order valence-corrected chi connectivity index (χ1v) is 13.2. The summed E-state index contributed by atoms with van der Waals surface area (Å²) in [5.41, 5.74) is 1.45. The van der Waals surface area contributed by atoms with Crippen LogP contribution in [0.25, 0.3) is 0 Å². The van der Waals surface area contributed by atoms with Crippen LogP contribution in [0.3, 0.4) is 0 Å². The summed E-state index contributed by atoms with van der Waals surface area (Å²) in [7, 11) is 0. The van der Waals surface area contributed by atoms with Gasteiger partial charge in [-0.25, -0.2) is 4.39 Å². The molecule has 1 saturated carbocycles. The molecule has 7 nitrogen and oxygen atoms in total. The van der Waals surface area contributed by atoms with Crippen molar-refractivity contribution in [1.29, 1.82) is 0 Å². The summed E-state index contributed by atoms with van der Waals surface area (Å²) in [6, 6.07) is 12.6. The van der Waals surface area contributed by atoms with Crippen LogP contribution < -0.4 is 40.0 Å². The monoisotopic (exact) mass is 543 g/mol. The summed E-state index contributed by atoms with van der Waals surface area (Å²) in [5, 5.41) is 13.2. The Kier molecular flexibility index (Phi) is 9.78. The number of carboxylic acid groups (broad SMARTS) is 1.